The lowest BCUT2D eigenvalue weighted by Gasteiger charge is -2.13. The number of benzene rings is 1. The first-order valence-electron chi connectivity index (χ1n) is 6.67. The Morgan fingerprint density at radius 1 is 1.17 bits per heavy atom. The van der Waals surface area contributed by atoms with Crippen molar-refractivity contribution in [2.45, 2.75) is 13.3 Å². The fourth-order valence-electron chi connectivity index (χ4n) is 2.26. The van der Waals surface area contributed by atoms with Gasteiger partial charge >= 0.3 is 6.36 Å². The van der Waals surface area contributed by atoms with Crippen molar-refractivity contribution in [3.63, 3.8) is 0 Å². The third-order valence-corrected chi connectivity index (χ3v) is 3.24. The van der Waals surface area contributed by atoms with Crippen LogP contribution in [0, 0.1) is 6.92 Å². The van der Waals surface area contributed by atoms with Gasteiger partial charge in [-0.1, -0.05) is 0 Å². The van der Waals surface area contributed by atoms with Crippen LogP contribution < -0.4 is 15.0 Å². The van der Waals surface area contributed by atoms with Gasteiger partial charge in [-0.25, -0.2) is 9.97 Å². The molecule has 2 aromatic heterocycles. The number of nitrogens with one attached hydrogen (secondary N) is 2. The molecule has 126 valence electrons. The average molecular weight is 340 g/mol. The largest absolute Gasteiger partial charge is 0.573 e. The molecule has 0 bridgehead atoms. The molecule has 0 saturated heterocycles. The minimum absolute atomic E-state index is 0.0910. The first-order chi connectivity index (χ1) is 11.3. The van der Waals surface area contributed by atoms with E-state index in [1.54, 1.807) is 6.92 Å². The standard InChI is InChI=1S/C14H11F3N4O3/c1-6-10(19-11-12(18-6)20-21-13(11)22)8-4-3-7(5-9(8)23-2)24-14(15,16)17/h3-5H,1-2H3,(H2,18,20,21,22). The molecule has 7 nitrogen and oxygen atoms in total. The second-order valence-electron chi connectivity index (χ2n) is 4.84. The van der Waals surface area contributed by atoms with Crippen LogP contribution in [0.3, 0.4) is 0 Å². The average Bonchev–Trinajstić information content (AvgIpc) is 2.85. The highest BCUT2D eigenvalue weighted by molar-refractivity contribution is 5.77. The van der Waals surface area contributed by atoms with Gasteiger partial charge in [0.25, 0.3) is 5.56 Å². The number of rotatable bonds is 3. The van der Waals surface area contributed by atoms with Gasteiger partial charge in [0.05, 0.1) is 18.5 Å². The van der Waals surface area contributed by atoms with Gasteiger partial charge in [0.2, 0.25) is 0 Å². The number of fused-ring (bicyclic) bond motifs is 1. The van der Waals surface area contributed by atoms with E-state index >= 15 is 0 Å². The fraction of sp³-hybridized carbons (Fsp3) is 0.214. The Bertz CT molecular complexity index is 962. The predicted molar refractivity (Wildman–Crippen MR) is 77.9 cm³/mol. The maximum absolute atomic E-state index is 12.3. The zero-order valence-electron chi connectivity index (χ0n) is 12.5. The van der Waals surface area contributed by atoms with Gasteiger partial charge in [0.1, 0.15) is 11.5 Å². The van der Waals surface area contributed by atoms with Crippen molar-refractivity contribution >= 4 is 11.2 Å². The molecule has 0 fully saturated rings. The quantitative estimate of drug-likeness (QED) is 0.764. The molecule has 3 rings (SSSR count). The molecule has 10 heteroatoms. The van der Waals surface area contributed by atoms with Crippen LogP contribution in [0.1, 0.15) is 5.69 Å². The summed E-state index contributed by atoms with van der Waals surface area (Å²) in [6.45, 7) is 1.66. The third kappa shape index (κ3) is 2.90. The smallest absolute Gasteiger partial charge is 0.496 e. The lowest BCUT2D eigenvalue weighted by atomic mass is 10.1. The van der Waals surface area contributed by atoms with Gasteiger partial charge < -0.3 is 9.47 Å². The van der Waals surface area contributed by atoms with E-state index in [4.69, 9.17) is 4.74 Å². The van der Waals surface area contributed by atoms with Crippen LogP contribution in [-0.2, 0) is 0 Å². The summed E-state index contributed by atoms with van der Waals surface area (Å²) in [7, 11) is 1.31. The first kappa shape index (κ1) is 15.8. The topological polar surface area (TPSA) is 92.9 Å². The molecule has 0 aliphatic heterocycles. The van der Waals surface area contributed by atoms with Crippen LogP contribution in [0.4, 0.5) is 13.2 Å². The summed E-state index contributed by atoms with van der Waals surface area (Å²) in [6.07, 6.45) is -4.81. The van der Waals surface area contributed by atoms with Gasteiger partial charge in [0, 0.05) is 11.6 Å². The Balaban J connectivity index is 2.13. The van der Waals surface area contributed by atoms with E-state index in [0.29, 0.717) is 17.0 Å². The minimum Gasteiger partial charge on any atom is -0.496 e. The number of aromatic amines is 2. The number of alkyl halides is 3. The zero-order valence-corrected chi connectivity index (χ0v) is 12.5. The highest BCUT2D eigenvalue weighted by atomic mass is 19.4. The van der Waals surface area contributed by atoms with Crippen molar-refractivity contribution in [2.24, 2.45) is 0 Å². The molecule has 0 aliphatic carbocycles. The number of aryl methyl sites for hydroxylation is 1. The minimum atomic E-state index is -4.81. The second kappa shape index (κ2) is 5.55. The molecule has 0 amide bonds. The highest BCUT2D eigenvalue weighted by Gasteiger charge is 2.31. The van der Waals surface area contributed by atoms with Crippen molar-refractivity contribution in [3.05, 3.63) is 34.2 Å². The number of H-pyrrole nitrogens is 2. The predicted octanol–water partition coefficient (Wildman–Crippen LogP) is 2.53. The summed E-state index contributed by atoms with van der Waals surface area (Å²) in [5.41, 5.74) is 1.11. The maximum atomic E-state index is 12.3. The molecule has 0 spiro atoms. The molecule has 1 aromatic carbocycles. The van der Waals surface area contributed by atoms with Crippen LogP contribution in [0.25, 0.3) is 22.4 Å². The lowest BCUT2D eigenvalue weighted by Crippen LogP contribution is -2.17. The molecule has 3 aromatic rings. The number of hydrogen-bond acceptors (Lipinski definition) is 5. The fourth-order valence-corrected chi connectivity index (χ4v) is 2.26. The van der Waals surface area contributed by atoms with Crippen LogP contribution in [0.5, 0.6) is 11.5 Å². The SMILES string of the molecule is COc1cc(OC(F)(F)F)ccc1-c1nc2c(=O)[nH][nH]c2nc1C. The summed E-state index contributed by atoms with van der Waals surface area (Å²) < 4.78 is 46.0. The Hall–Kier alpha value is -3.04. The van der Waals surface area contributed by atoms with Crippen molar-refractivity contribution in [2.75, 3.05) is 7.11 Å². The maximum Gasteiger partial charge on any atom is 0.573 e. The second-order valence-corrected chi connectivity index (χ2v) is 4.84. The molecule has 0 unspecified atom stereocenters. The monoisotopic (exact) mass is 340 g/mol. The molecule has 0 atom stereocenters. The molecule has 2 heterocycles. The summed E-state index contributed by atoms with van der Waals surface area (Å²) in [5, 5.41) is 4.95. The van der Waals surface area contributed by atoms with Crippen LogP contribution in [-0.4, -0.2) is 33.6 Å². The third-order valence-electron chi connectivity index (χ3n) is 3.24. The van der Waals surface area contributed by atoms with Gasteiger partial charge in [-0.3, -0.25) is 15.0 Å². The molecule has 0 aliphatic rings. The Kier molecular flexibility index (Phi) is 3.66. The van der Waals surface area contributed by atoms with E-state index in [2.05, 4.69) is 24.9 Å². The number of nitrogens with zero attached hydrogens (tertiary/aromatic N) is 2. The normalized spacial score (nSPS) is 11.7. The number of aromatic nitrogens is 4. The highest BCUT2D eigenvalue weighted by Crippen LogP contribution is 2.35. The molecule has 24 heavy (non-hydrogen) atoms. The Morgan fingerprint density at radius 2 is 1.92 bits per heavy atom. The molecular weight excluding hydrogens is 329 g/mol. The molecule has 0 radical (unpaired) electrons. The summed E-state index contributed by atoms with van der Waals surface area (Å²) in [5.74, 6) is -0.310. The van der Waals surface area contributed by atoms with Gasteiger partial charge in [0.15, 0.2) is 11.2 Å². The van der Waals surface area contributed by atoms with E-state index in [9.17, 15) is 18.0 Å². The number of methoxy groups -OCH3 is 1. The lowest BCUT2D eigenvalue weighted by molar-refractivity contribution is -0.274. The van der Waals surface area contributed by atoms with Crippen molar-refractivity contribution in [3.8, 4) is 22.8 Å². The number of ether oxygens (including phenoxy) is 2. The van der Waals surface area contributed by atoms with E-state index in [1.807, 2.05) is 0 Å². The molecule has 0 saturated carbocycles. The summed E-state index contributed by atoms with van der Waals surface area (Å²) >= 11 is 0. The van der Waals surface area contributed by atoms with E-state index in [0.717, 1.165) is 12.1 Å². The zero-order chi connectivity index (χ0) is 17.5. The van der Waals surface area contributed by atoms with Crippen LogP contribution >= 0.6 is 0 Å². The molecular formula is C14H11F3N4O3. The number of hydrogen-bond donors (Lipinski definition) is 2. The number of halogens is 3. The van der Waals surface area contributed by atoms with E-state index in [-0.39, 0.29) is 16.9 Å². The summed E-state index contributed by atoms with van der Waals surface area (Å²) in [4.78, 5) is 20.1. The van der Waals surface area contributed by atoms with Crippen LogP contribution in [0.2, 0.25) is 0 Å². The van der Waals surface area contributed by atoms with E-state index < -0.39 is 17.7 Å². The summed E-state index contributed by atoms with van der Waals surface area (Å²) in [6, 6.07) is 3.59. The first-order valence-corrected chi connectivity index (χ1v) is 6.67. The van der Waals surface area contributed by atoms with Gasteiger partial charge in [-0.2, -0.15) is 0 Å². The van der Waals surface area contributed by atoms with E-state index in [1.165, 1.54) is 13.2 Å². The van der Waals surface area contributed by atoms with Gasteiger partial charge in [-0.15, -0.1) is 13.2 Å². The van der Waals surface area contributed by atoms with Crippen molar-refractivity contribution in [1.82, 2.24) is 20.2 Å². The Morgan fingerprint density at radius 3 is 2.58 bits per heavy atom. The van der Waals surface area contributed by atoms with Crippen molar-refractivity contribution < 1.29 is 22.6 Å². The van der Waals surface area contributed by atoms with Crippen LogP contribution in [0.15, 0.2) is 23.0 Å². The van der Waals surface area contributed by atoms with Crippen molar-refractivity contribution in [1.29, 1.82) is 0 Å². The van der Waals surface area contributed by atoms with Gasteiger partial charge in [-0.05, 0) is 19.1 Å². The molecule has 2 N–H and O–H groups in total. The Labute approximate surface area is 132 Å².